The van der Waals surface area contributed by atoms with Crippen molar-refractivity contribution in [2.75, 3.05) is 33.1 Å². The molecule has 0 saturated heterocycles. The lowest BCUT2D eigenvalue weighted by molar-refractivity contribution is -0.118. The highest BCUT2D eigenvalue weighted by Gasteiger charge is 2.22. The van der Waals surface area contributed by atoms with Crippen LogP contribution in [0, 0.1) is 6.92 Å². The molecule has 148 valence electrons. The number of sulfone groups is 1. The normalized spacial score (nSPS) is 11.4. The number of carbonyl (C=O) groups excluding carboxylic acids is 1. The Hall–Kier alpha value is -2.39. The van der Waals surface area contributed by atoms with Crippen molar-refractivity contribution in [3.63, 3.8) is 0 Å². The molecule has 9 heteroatoms. The number of carbonyl (C=O) groups is 1. The monoisotopic (exact) mass is 396 g/mol. The number of hydrogen-bond donors (Lipinski definition) is 1. The van der Waals surface area contributed by atoms with Crippen molar-refractivity contribution in [3.8, 4) is 17.2 Å². The number of rotatable bonds is 10. The number of hydrogen-bond acceptors (Lipinski definition) is 7. The molecular formula is C18H24N2O6S. The van der Waals surface area contributed by atoms with Crippen LogP contribution in [-0.4, -0.2) is 52.4 Å². The number of nitrogens with one attached hydrogen (secondary N) is 1. The van der Waals surface area contributed by atoms with E-state index in [-0.39, 0.29) is 5.75 Å². The van der Waals surface area contributed by atoms with Crippen molar-refractivity contribution in [1.29, 1.82) is 0 Å². The van der Waals surface area contributed by atoms with Crippen LogP contribution in [0.4, 0.5) is 0 Å². The molecule has 1 amide bonds. The van der Waals surface area contributed by atoms with Crippen LogP contribution < -0.4 is 10.1 Å². The first-order valence-corrected chi connectivity index (χ1v) is 10.2. The molecule has 0 saturated carbocycles. The molecule has 0 aliphatic heterocycles. The summed E-state index contributed by atoms with van der Waals surface area (Å²) in [6, 6.07) is 7.07. The molecule has 0 bridgehead atoms. The van der Waals surface area contributed by atoms with Crippen LogP contribution in [0.5, 0.6) is 5.75 Å². The van der Waals surface area contributed by atoms with Crippen LogP contribution in [0.15, 0.2) is 28.7 Å². The third-order valence-corrected chi connectivity index (χ3v) is 5.20. The Balaban J connectivity index is 2.01. The fourth-order valence-corrected chi connectivity index (χ4v) is 3.66. The Labute approximate surface area is 158 Å². The van der Waals surface area contributed by atoms with E-state index >= 15 is 0 Å². The van der Waals surface area contributed by atoms with Crippen molar-refractivity contribution in [2.45, 2.75) is 19.1 Å². The van der Waals surface area contributed by atoms with E-state index in [9.17, 15) is 13.2 Å². The van der Waals surface area contributed by atoms with E-state index in [1.54, 1.807) is 45.4 Å². The van der Waals surface area contributed by atoms with Crippen molar-refractivity contribution < 1.29 is 27.1 Å². The number of benzene rings is 1. The van der Waals surface area contributed by atoms with Crippen molar-refractivity contribution >= 4 is 15.7 Å². The smallest absolute Gasteiger partial charge is 0.235 e. The van der Waals surface area contributed by atoms with E-state index in [2.05, 4.69) is 10.3 Å². The summed E-state index contributed by atoms with van der Waals surface area (Å²) in [5, 5.41) is 2.56. The van der Waals surface area contributed by atoms with Gasteiger partial charge in [-0.1, -0.05) is 0 Å². The molecule has 0 unspecified atom stereocenters. The van der Waals surface area contributed by atoms with Crippen LogP contribution in [0.1, 0.15) is 17.9 Å². The minimum absolute atomic E-state index is 0.299. The first-order chi connectivity index (χ1) is 12.8. The zero-order valence-corrected chi connectivity index (χ0v) is 16.5. The second-order valence-corrected chi connectivity index (χ2v) is 8.04. The maximum absolute atomic E-state index is 12.3. The van der Waals surface area contributed by atoms with Gasteiger partial charge < -0.3 is 19.2 Å². The van der Waals surface area contributed by atoms with Gasteiger partial charge in [-0.2, -0.15) is 0 Å². The van der Waals surface area contributed by atoms with Gasteiger partial charge >= 0.3 is 0 Å². The molecule has 8 nitrogen and oxygen atoms in total. The van der Waals surface area contributed by atoms with Crippen molar-refractivity contribution in [3.05, 3.63) is 35.7 Å². The molecule has 0 fully saturated rings. The van der Waals surface area contributed by atoms with E-state index in [1.807, 2.05) is 0 Å². The predicted molar refractivity (Wildman–Crippen MR) is 100 cm³/mol. The fourth-order valence-electron chi connectivity index (χ4n) is 2.37. The van der Waals surface area contributed by atoms with Gasteiger partial charge in [0.05, 0.1) is 18.6 Å². The van der Waals surface area contributed by atoms with Gasteiger partial charge in [-0.3, -0.25) is 4.79 Å². The van der Waals surface area contributed by atoms with Crippen molar-refractivity contribution in [1.82, 2.24) is 10.3 Å². The Bertz CT molecular complexity index is 858. The highest BCUT2D eigenvalue weighted by atomic mass is 32.2. The third-order valence-electron chi connectivity index (χ3n) is 3.78. The topological polar surface area (TPSA) is 108 Å². The lowest BCUT2D eigenvalue weighted by atomic mass is 10.2. The third kappa shape index (κ3) is 6.37. The second kappa shape index (κ2) is 9.52. The van der Waals surface area contributed by atoms with Crippen LogP contribution in [0.3, 0.4) is 0 Å². The van der Waals surface area contributed by atoms with E-state index in [1.165, 1.54) is 0 Å². The van der Waals surface area contributed by atoms with Gasteiger partial charge in [0.15, 0.2) is 9.84 Å². The average molecular weight is 396 g/mol. The van der Waals surface area contributed by atoms with E-state index < -0.39 is 21.5 Å². The Morgan fingerprint density at radius 1 is 1.22 bits per heavy atom. The molecule has 0 aliphatic rings. The Morgan fingerprint density at radius 3 is 2.56 bits per heavy atom. The number of oxazole rings is 1. The number of amides is 1. The molecule has 0 spiro atoms. The molecule has 1 aromatic heterocycles. The minimum Gasteiger partial charge on any atom is -0.497 e. The highest BCUT2D eigenvalue weighted by molar-refractivity contribution is 7.91. The summed E-state index contributed by atoms with van der Waals surface area (Å²) >= 11 is 0. The predicted octanol–water partition coefficient (Wildman–Crippen LogP) is 1.73. The molecule has 0 atom stereocenters. The Morgan fingerprint density at radius 2 is 1.93 bits per heavy atom. The summed E-state index contributed by atoms with van der Waals surface area (Å²) in [6.07, 6.45) is 0.621. The van der Waals surface area contributed by atoms with Crippen LogP contribution in [0.2, 0.25) is 0 Å². The average Bonchev–Trinajstić information content (AvgIpc) is 2.98. The van der Waals surface area contributed by atoms with E-state index in [4.69, 9.17) is 13.9 Å². The quantitative estimate of drug-likeness (QED) is 0.609. The van der Waals surface area contributed by atoms with Gasteiger partial charge in [0.25, 0.3) is 0 Å². The molecule has 0 aliphatic carbocycles. The molecule has 2 rings (SSSR count). The number of aromatic nitrogens is 1. The Kier molecular flexibility index (Phi) is 7.37. The summed E-state index contributed by atoms with van der Waals surface area (Å²) in [5.41, 5.74) is 1.01. The maximum Gasteiger partial charge on any atom is 0.235 e. The zero-order chi connectivity index (χ0) is 19.9. The van der Waals surface area contributed by atoms with Gasteiger partial charge in [-0.05, 0) is 37.6 Å². The zero-order valence-electron chi connectivity index (χ0n) is 15.6. The first kappa shape index (κ1) is 20.9. The van der Waals surface area contributed by atoms with Crippen molar-refractivity contribution in [2.24, 2.45) is 0 Å². The molecule has 0 radical (unpaired) electrons. The second-order valence-electron chi connectivity index (χ2n) is 5.98. The largest absolute Gasteiger partial charge is 0.497 e. The first-order valence-electron chi connectivity index (χ1n) is 8.41. The summed E-state index contributed by atoms with van der Waals surface area (Å²) in [5.74, 6) is -0.0630. The molecule has 1 heterocycles. The van der Waals surface area contributed by atoms with Crippen LogP contribution in [-0.2, 0) is 25.1 Å². The van der Waals surface area contributed by atoms with Gasteiger partial charge in [0, 0.05) is 25.8 Å². The summed E-state index contributed by atoms with van der Waals surface area (Å²) in [4.78, 5) is 16.1. The number of methoxy groups -OCH3 is 2. The van der Waals surface area contributed by atoms with E-state index in [0.717, 1.165) is 0 Å². The fraction of sp³-hybridized carbons (Fsp3) is 0.444. The van der Waals surface area contributed by atoms with Gasteiger partial charge in [0.1, 0.15) is 17.3 Å². The van der Waals surface area contributed by atoms with Gasteiger partial charge in [0.2, 0.25) is 11.8 Å². The van der Waals surface area contributed by atoms with Crippen LogP contribution in [0.25, 0.3) is 11.5 Å². The summed E-state index contributed by atoms with van der Waals surface area (Å²) in [6.45, 7) is 2.52. The molecule has 2 aromatic rings. The molecular weight excluding hydrogens is 372 g/mol. The molecule has 1 N–H and O–H groups in total. The van der Waals surface area contributed by atoms with E-state index in [0.29, 0.717) is 48.2 Å². The summed E-state index contributed by atoms with van der Waals surface area (Å²) in [7, 11) is -0.532. The maximum atomic E-state index is 12.3. The molecule has 1 aromatic carbocycles. The van der Waals surface area contributed by atoms with Crippen LogP contribution >= 0.6 is 0 Å². The number of nitrogens with zero attached hydrogens (tertiary/aromatic N) is 1. The number of ether oxygens (including phenoxy) is 2. The highest BCUT2D eigenvalue weighted by Crippen LogP contribution is 2.24. The minimum atomic E-state index is -3.66. The lowest BCUT2D eigenvalue weighted by Gasteiger charge is -2.05. The van der Waals surface area contributed by atoms with Gasteiger partial charge in [-0.15, -0.1) is 0 Å². The standard InChI is InChI=1S/C18H24N2O6S/c1-13-16(11-27(22,23)12-17(21)19-9-4-10-24-2)20-18(26-13)14-5-7-15(25-3)8-6-14/h5-8H,4,9-12H2,1-3H3,(H,19,21). The SMILES string of the molecule is COCCCNC(=O)CS(=O)(=O)Cc1nc(-c2ccc(OC)cc2)oc1C. The lowest BCUT2D eigenvalue weighted by Crippen LogP contribution is -2.32. The molecule has 27 heavy (non-hydrogen) atoms. The summed E-state index contributed by atoms with van der Waals surface area (Å²) < 4.78 is 40.2. The number of aryl methyl sites for hydroxylation is 1. The van der Waals surface area contributed by atoms with Gasteiger partial charge in [-0.25, -0.2) is 13.4 Å².